The van der Waals surface area contributed by atoms with Crippen LogP contribution in [0.2, 0.25) is 0 Å². The number of hydrogen-bond acceptors (Lipinski definition) is 6. The van der Waals surface area contributed by atoms with Gasteiger partial charge in [-0.05, 0) is 43.2 Å². The summed E-state index contributed by atoms with van der Waals surface area (Å²) < 4.78 is 40.0. The minimum atomic E-state index is -4.94. The van der Waals surface area contributed by atoms with Crippen LogP contribution in [0.25, 0.3) is 22.3 Å². The van der Waals surface area contributed by atoms with Gasteiger partial charge in [0.15, 0.2) is 0 Å². The number of phenolic OH excluding ortho intramolecular Hbond substituents is 1. The second kappa shape index (κ2) is 9.30. The zero-order chi connectivity index (χ0) is 22.6. The summed E-state index contributed by atoms with van der Waals surface area (Å²) in [5, 5.41) is 11.7. The van der Waals surface area contributed by atoms with Gasteiger partial charge in [-0.3, -0.25) is 0 Å². The molecule has 4 aromatic rings. The third-order valence-electron chi connectivity index (χ3n) is 4.31. The second-order valence-electron chi connectivity index (χ2n) is 6.95. The van der Waals surface area contributed by atoms with Crippen molar-refractivity contribution in [3.8, 4) is 17.1 Å². The van der Waals surface area contributed by atoms with Crippen molar-refractivity contribution in [2.24, 2.45) is 0 Å². The van der Waals surface area contributed by atoms with Gasteiger partial charge < -0.3 is 9.52 Å². The molecule has 8 heteroatoms. The average Bonchev–Trinajstić information content (AvgIpc) is 2.67. The van der Waals surface area contributed by atoms with Crippen molar-refractivity contribution in [3.63, 3.8) is 0 Å². The van der Waals surface area contributed by atoms with Crippen LogP contribution in [0.3, 0.4) is 0 Å². The summed E-state index contributed by atoms with van der Waals surface area (Å²) in [5.41, 5.74) is 5.13. The lowest BCUT2D eigenvalue weighted by molar-refractivity contribution is -2.00. The first kappa shape index (κ1) is 22.5. The van der Waals surface area contributed by atoms with Crippen LogP contribution >= 0.6 is 0 Å². The Bertz CT molecular complexity index is 1240. The third-order valence-corrected chi connectivity index (χ3v) is 4.31. The Labute approximate surface area is 180 Å². The van der Waals surface area contributed by atoms with E-state index < -0.39 is 10.2 Å². The van der Waals surface area contributed by atoms with Gasteiger partial charge in [-0.15, -0.1) is 10.2 Å². The van der Waals surface area contributed by atoms with Crippen LogP contribution in [-0.4, -0.2) is 5.11 Å². The molecule has 0 amide bonds. The number of hydrogen-bond donors (Lipinski definition) is 2. The molecule has 0 spiro atoms. The summed E-state index contributed by atoms with van der Waals surface area (Å²) >= 11 is 0. The number of aryl methyl sites for hydroxylation is 2. The Morgan fingerprint density at radius 1 is 0.806 bits per heavy atom. The summed E-state index contributed by atoms with van der Waals surface area (Å²) in [6, 6.07) is 23.5. The molecule has 0 atom stereocenters. The van der Waals surface area contributed by atoms with E-state index in [1.165, 1.54) is 11.1 Å². The van der Waals surface area contributed by atoms with Gasteiger partial charge >= 0.3 is 0 Å². The van der Waals surface area contributed by atoms with Gasteiger partial charge in [0.05, 0.1) is 11.5 Å². The standard InChI is InChI=1S/C23H19NO2.ClHO4/c1-15-10-16(2)12-18(11-15)24-21-14-23(17-6-4-3-5-7-17)26-22-9-8-19(25)13-20(21)22;2-1(3,4)5/h3-14,25H,1-2H3;(H,2,3,4,5). The molecule has 1 aromatic heterocycles. The topological polar surface area (TPSA) is 140 Å². The molecule has 1 heterocycles. The highest BCUT2D eigenvalue weighted by Crippen LogP contribution is 2.23. The highest BCUT2D eigenvalue weighted by molar-refractivity contribution is 5.79. The van der Waals surface area contributed by atoms with Crippen LogP contribution in [-0.2, 0) is 0 Å². The number of halogens is 1. The van der Waals surface area contributed by atoms with Crippen LogP contribution in [0.4, 0.5) is 5.69 Å². The summed E-state index contributed by atoms with van der Waals surface area (Å²) in [6.07, 6.45) is 0. The maximum absolute atomic E-state index is 9.93. The van der Waals surface area contributed by atoms with Crippen molar-refractivity contribution in [2.75, 3.05) is 0 Å². The van der Waals surface area contributed by atoms with Crippen LogP contribution in [0, 0.1) is 24.1 Å². The molecular formula is C23H20ClNO6. The zero-order valence-electron chi connectivity index (χ0n) is 16.8. The quantitative estimate of drug-likeness (QED) is 0.408. The smallest absolute Gasteiger partial charge is 0.218 e. The number of fused-ring (bicyclic) bond motifs is 1. The maximum Gasteiger partial charge on any atom is 0.218 e. The second-order valence-corrected chi connectivity index (χ2v) is 7.71. The summed E-state index contributed by atoms with van der Waals surface area (Å²) in [7, 11) is -4.94. The van der Waals surface area contributed by atoms with Crippen molar-refractivity contribution in [3.05, 3.63) is 89.3 Å². The Morgan fingerprint density at radius 3 is 2.03 bits per heavy atom. The fourth-order valence-electron chi connectivity index (χ4n) is 3.22. The predicted molar refractivity (Wildman–Crippen MR) is 103 cm³/mol. The van der Waals surface area contributed by atoms with Crippen molar-refractivity contribution >= 4 is 16.7 Å². The van der Waals surface area contributed by atoms with Crippen molar-refractivity contribution in [1.82, 2.24) is 0 Å². The lowest BCUT2D eigenvalue weighted by Gasteiger charge is -2.17. The first-order valence-corrected chi connectivity index (χ1v) is 10.4. The third kappa shape index (κ3) is 6.65. The molecule has 7 nitrogen and oxygen atoms in total. The van der Waals surface area contributed by atoms with Crippen LogP contribution in [0.15, 0.2) is 77.2 Å². The van der Waals surface area contributed by atoms with Gasteiger partial charge in [0.2, 0.25) is 11.0 Å². The fourth-order valence-corrected chi connectivity index (χ4v) is 3.22. The number of nitrogens with one attached hydrogen (secondary N) is 1. The highest BCUT2D eigenvalue weighted by Gasteiger charge is 2.10. The van der Waals surface area contributed by atoms with Crippen LogP contribution in [0.5, 0.6) is 5.75 Å². The van der Waals surface area contributed by atoms with Gasteiger partial charge in [0.1, 0.15) is 17.1 Å². The van der Waals surface area contributed by atoms with Gasteiger partial charge in [-0.1, -0.05) is 36.4 Å². The van der Waals surface area contributed by atoms with E-state index in [-0.39, 0.29) is 5.75 Å². The van der Waals surface area contributed by atoms with E-state index in [0.29, 0.717) is 0 Å². The Kier molecular flexibility index (Phi) is 6.74. The largest absolute Gasteiger partial charge is 0.508 e. The first-order chi connectivity index (χ1) is 14.6. The molecule has 0 radical (unpaired) electrons. The van der Waals surface area contributed by atoms with E-state index in [2.05, 4.69) is 37.0 Å². The molecule has 0 aliphatic heterocycles. The van der Waals surface area contributed by atoms with E-state index in [4.69, 9.17) is 23.1 Å². The van der Waals surface area contributed by atoms with Crippen LogP contribution in [0.1, 0.15) is 11.1 Å². The Morgan fingerprint density at radius 2 is 1.42 bits per heavy atom. The van der Waals surface area contributed by atoms with Gasteiger partial charge in [-0.25, -0.2) is 23.6 Å². The summed E-state index contributed by atoms with van der Waals surface area (Å²) in [5.74, 6) is 0.985. The average molecular weight is 442 g/mol. The molecule has 0 bridgehead atoms. The predicted octanol–water partition coefficient (Wildman–Crippen LogP) is -1.02. The number of benzene rings is 3. The summed E-state index contributed by atoms with van der Waals surface area (Å²) in [4.78, 5) is 3.49. The van der Waals surface area contributed by atoms with E-state index in [1.807, 2.05) is 36.4 Å². The number of phenols is 1. The normalized spacial score (nSPS) is 11.9. The lowest BCUT2D eigenvalue weighted by atomic mass is 10.1. The molecule has 3 aromatic carbocycles. The minimum absolute atomic E-state index is 0.212. The molecule has 0 fully saturated rings. The molecular weight excluding hydrogens is 422 g/mol. The van der Waals surface area contributed by atoms with E-state index in [1.54, 1.807) is 18.2 Å². The first-order valence-electron chi connectivity index (χ1n) is 9.21. The Hall–Kier alpha value is -3.20. The molecule has 0 aliphatic carbocycles. The minimum Gasteiger partial charge on any atom is -0.508 e. The highest BCUT2D eigenvalue weighted by atomic mass is 35.7. The lowest BCUT2D eigenvalue weighted by Crippen LogP contribution is -2.70. The molecule has 0 saturated heterocycles. The molecule has 160 valence electrons. The van der Waals surface area contributed by atoms with Crippen molar-refractivity contribution < 1.29 is 43.4 Å². The molecule has 31 heavy (non-hydrogen) atoms. The number of rotatable bonds is 2. The molecule has 0 saturated carbocycles. The van der Waals surface area contributed by atoms with E-state index in [0.717, 1.165) is 33.3 Å². The maximum atomic E-state index is 9.93. The van der Waals surface area contributed by atoms with Gasteiger partial charge in [-0.2, -0.15) is 0 Å². The fraction of sp³-hybridized carbons (Fsp3) is 0.0870. The van der Waals surface area contributed by atoms with Gasteiger partial charge in [0, 0.05) is 17.7 Å². The number of aromatic hydroxyl groups is 1. The molecule has 2 N–H and O–H groups in total. The van der Waals surface area contributed by atoms with Crippen molar-refractivity contribution in [1.29, 1.82) is 0 Å². The van der Waals surface area contributed by atoms with Crippen LogP contribution < -0.4 is 29.0 Å². The molecule has 0 aliphatic rings. The van der Waals surface area contributed by atoms with Crippen molar-refractivity contribution in [2.45, 2.75) is 13.8 Å². The Balaban J connectivity index is 0.000000491. The SMILES string of the molecule is Cc1cc(C)cc([NH+]=c2cc(-c3ccccc3)oc3ccc(O)cc23)c1.[O-][Cl+3]([O-])([O-])[O-]. The van der Waals surface area contributed by atoms with E-state index >= 15 is 0 Å². The van der Waals surface area contributed by atoms with E-state index in [9.17, 15) is 5.11 Å². The van der Waals surface area contributed by atoms with Gasteiger partial charge in [0.25, 0.3) is 0 Å². The summed E-state index contributed by atoms with van der Waals surface area (Å²) in [6.45, 7) is 4.16. The molecule has 0 unspecified atom stereocenters. The molecule has 4 rings (SSSR count). The zero-order valence-corrected chi connectivity index (χ0v) is 17.6. The monoisotopic (exact) mass is 441 g/mol.